The van der Waals surface area contributed by atoms with Crippen molar-refractivity contribution in [3.05, 3.63) is 29.8 Å². The predicted molar refractivity (Wildman–Crippen MR) is 75.0 cm³/mol. The van der Waals surface area contributed by atoms with Crippen molar-refractivity contribution < 1.29 is 4.79 Å². The van der Waals surface area contributed by atoms with Crippen LogP contribution in [0, 0.1) is 5.92 Å². The van der Waals surface area contributed by atoms with E-state index in [9.17, 15) is 4.79 Å². The minimum atomic E-state index is 0.0266. The number of para-hydroxylation sites is 1. The Hall–Kier alpha value is -1.42. The van der Waals surface area contributed by atoms with Crippen LogP contribution in [-0.2, 0) is 4.79 Å². The second-order valence-corrected chi connectivity index (χ2v) is 4.35. The van der Waals surface area contributed by atoms with Crippen LogP contribution < -0.4 is 11.1 Å². The van der Waals surface area contributed by atoms with E-state index in [1.54, 1.807) is 0 Å². The maximum Gasteiger partial charge on any atom is 0.227 e. The van der Waals surface area contributed by atoms with Crippen LogP contribution in [0.1, 0.15) is 32.3 Å². The lowest BCUT2D eigenvalue weighted by molar-refractivity contribution is -0.120. The van der Waals surface area contributed by atoms with E-state index in [0.29, 0.717) is 16.2 Å². The summed E-state index contributed by atoms with van der Waals surface area (Å²) in [5.74, 6) is 0.0631. The lowest BCUT2D eigenvalue weighted by atomic mass is 10.0. The molecule has 0 spiro atoms. The van der Waals surface area contributed by atoms with Crippen molar-refractivity contribution in [2.45, 2.75) is 26.7 Å². The zero-order valence-electron chi connectivity index (χ0n) is 10.2. The van der Waals surface area contributed by atoms with Gasteiger partial charge in [0.25, 0.3) is 0 Å². The summed E-state index contributed by atoms with van der Waals surface area (Å²) in [5, 5.41) is 2.89. The van der Waals surface area contributed by atoms with E-state index in [-0.39, 0.29) is 11.8 Å². The van der Waals surface area contributed by atoms with E-state index in [1.807, 2.05) is 38.1 Å². The van der Waals surface area contributed by atoms with Gasteiger partial charge < -0.3 is 11.1 Å². The molecule has 0 saturated carbocycles. The highest BCUT2D eigenvalue weighted by Gasteiger charge is 2.15. The Bertz CT molecular complexity index is 414. The Morgan fingerprint density at radius 3 is 2.47 bits per heavy atom. The second-order valence-electron chi connectivity index (χ2n) is 3.91. The van der Waals surface area contributed by atoms with Gasteiger partial charge in [0.05, 0.1) is 5.69 Å². The maximum absolute atomic E-state index is 12.0. The summed E-state index contributed by atoms with van der Waals surface area (Å²) >= 11 is 4.95. The Labute approximate surface area is 107 Å². The van der Waals surface area contributed by atoms with Gasteiger partial charge in [-0.1, -0.05) is 38.2 Å². The highest BCUT2D eigenvalue weighted by Crippen LogP contribution is 2.17. The fourth-order valence-electron chi connectivity index (χ4n) is 1.70. The van der Waals surface area contributed by atoms with Crippen LogP contribution >= 0.6 is 12.2 Å². The minimum Gasteiger partial charge on any atom is -0.389 e. The molecule has 1 aromatic carbocycles. The van der Waals surface area contributed by atoms with Crippen molar-refractivity contribution in [1.82, 2.24) is 0 Å². The number of hydrogen-bond acceptors (Lipinski definition) is 2. The van der Waals surface area contributed by atoms with Gasteiger partial charge in [0.2, 0.25) is 5.91 Å². The fraction of sp³-hybridized carbons (Fsp3) is 0.385. The molecule has 1 amide bonds. The van der Waals surface area contributed by atoms with Crippen molar-refractivity contribution >= 4 is 28.8 Å². The van der Waals surface area contributed by atoms with Gasteiger partial charge in [0.15, 0.2) is 0 Å². The first kappa shape index (κ1) is 13.6. The highest BCUT2D eigenvalue weighted by molar-refractivity contribution is 7.80. The molecule has 0 bridgehead atoms. The number of nitrogens with two attached hydrogens (primary N) is 1. The number of hydrogen-bond donors (Lipinski definition) is 2. The molecule has 0 aliphatic rings. The summed E-state index contributed by atoms with van der Waals surface area (Å²) in [4.78, 5) is 12.3. The van der Waals surface area contributed by atoms with Gasteiger partial charge in [0, 0.05) is 11.5 Å². The van der Waals surface area contributed by atoms with Crippen LogP contribution in [0.2, 0.25) is 0 Å². The third kappa shape index (κ3) is 3.53. The van der Waals surface area contributed by atoms with E-state index in [0.717, 1.165) is 12.8 Å². The summed E-state index contributed by atoms with van der Waals surface area (Å²) in [5.41, 5.74) is 7.01. The van der Waals surface area contributed by atoms with Crippen LogP contribution in [0.5, 0.6) is 0 Å². The second kappa shape index (κ2) is 6.35. The summed E-state index contributed by atoms with van der Waals surface area (Å²) in [6, 6.07) is 7.32. The third-order valence-corrected chi connectivity index (χ3v) is 3.03. The number of thiocarbonyl (C=S) groups is 1. The summed E-state index contributed by atoms with van der Waals surface area (Å²) < 4.78 is 0. The first-order valence-electron chi connectivity index (χ1n) is 5.79. The minimum absolute atomic E-state index is 0.0266. The molecule has 0 aliphatic heterocycles. The van der Waals surface area contributed by atoms with Gasteiger partial charge in [-0.15, -0.1) is 0 Å². The molecule has 1 rings (SSSR count). The number of nitrogens with one attached hydrogen (secondary N) is 1. The molecule has 4 heteroatoms. The lowest BCUT2D eigenvalue weighted by Crippen LogP contribution is -2.23. The molecule has 0 aliphatic carbocycles. The molecule has 0 atom stereocenters. The molecule has 3 N–H and O–H groups in total. The topological polar surface area (TPSA) is 55.1 Å². The van der Waals surface area contributed by atoms with Crippen molar-refractivity contribution in [3.63, 3.8) is 0 Å². The monoisotopic (exact) mass is 250 g/mol. The number of rotatable bonds is 5. The number of benzene rings is 1. The van der Waals surface area contributed by atoms with Gasteiger partial charge in [0.1, 0.15) is 4.99 Å². The van der Waals surface area contributed by atoms with E-state index >= 15 is 0 Å². The fourth-order valence-corrected chi connectivity index (χ4v) is 1.88. The standard InChI is InChI=1S/C13H18N2OS/c1-3-9(4-2)13(16)15-11-8-6-5-7-10(11)12(14)17/h5-9H,3-4H2,1-2H3,(H2,14,17)(H,15,16). The number of carbonyl (C=O) groups excluding carboxylic acids is 1. The third-order valence-electron chi connectivity index (χ3n) is 2.81. The normalized spacial score (nSPS) is 10.3. The van der Waals surface area contributed by atoms with Gasteiger partial charge in [-0.3, -0.25) is 4.79 Å². The molecule has 1 aromatic rings. The largest absolute Gasteiger partial charge is 0.389 e. The van der Waals surface area contributed by atoms with Crippen molar-refractivity contribution in [2.75, 3.05) is 5.32 Å². The molecule has 17 heavy (non-hydrogen) atoms. The molecule has 3 nitrogen and oxygen atoms in total. The first-order chi connectivity index (χ1) is 8.10. The zero-order chi connectivity index (χ0) is 12.8. The molecule has 92 valence electrons. The Morgan fingerprint density at radius 2 is 1.94 bits per heavy atom. The van der Waals surface area contributed by atoms with Crippen LogP contribution in [0.3, 0.4) is 0 Å². The van der Waals surface area contributed by atoms with Crippen molar-refractivity contribution in [1.29, 1.82) is 0 Å². The van der Waals surface area contributed by atoms with Crippen LogP contribution in [0.25, 0.3) is 0 Å². The average Bonchev–Trinajstić information content (AvgIpc) is 2.31. The van der Waals surface area contributed by atoms with Crippen LogP contribution in [0.4, 0.5) is 5.69 Å². The van der Waals surface area contributed by atoms with E-state index in [4.69, 9.17) is 18.0 Å². The summed E-state index contributed by atoms with van der Waals surface area (Å²) in [6.07, 6.45) is 1.66. The summed E-state index contributed by atoms with van der Waals surface area (Å²) in [6.45, 7) is 4.01. The molecule has 0 heterocycles. The molecular formula is C13H18N2OS. The molecule has 0 saturated heterocycles. The predicted octanol–water partition coefficient (Wildman–Crippen LogP) is 2.70. The lowest BCUT2D eigenvalue weighted by Gasteiger charge is -2.14. The Morgan fingerprint density at radius 1 is 1.35 bits per heavy atom. The van der Waals surface area contributed by atoms with Crippen LogP contribution in [0.15, 0.2) is 24.3 Å². The summed E-state index contributed by atoms with van der Waals surface area (Å²) in [7, 11) is 0. The van der Waals surface area contributed by atoms with Crippen molar-refractivity contribution in [2.24, 2.45) is 11.7 Å². The molecule has 0 aromatic heterocycles. The van der Waals surface area contributed by atoms with E-state index in [2.05, 4.69) is 5.32 Å². The maximum atomic E-state index is 12.0. The van der Waals surface area contributed by atoms with Gasteiger partial charge >= 0.3 is 0 Å². The first-order valence-corrected chi connectivity index (χ1v) is 6.20. The molecule has 0 unspecified atom stereocenters. The SMILES string of the molecule is CCC(CC)C(=O)Nc1ccccc1C(N)=S. The smallest absolute Gasteiger partial charge is 0.227 e. The molecular weight excluding hydrogens is 232 g/mol. The number of anilines is 1. The van der Waals surface area contributed by atoms with Crippen molar-refractivity contribution in [3.8, 4) is 0 Å². The highest BCUT2D eigenvalue weighted by atomic mass is 32.1. The van der Waals surface area contributed by atoms with E-state index in [1.165, 1.54) is 0 Å². The van der Waals surface area contributed by atoms with Gasteiger partial charge in [-0.05, 0) is 25.0 Å². The van der Waals surface area contributed by atoms with E-state index < -0.39 is 0 Å². The number of carbonyl (C=O) groups is 1. The molecule has 0 radical (unpaired) electrons. The molecule has 0 fully saturated rings. The number of amides is 1. The van der Waals surface area contributed by atoms with Crippen LogP contribution in [-0.4, -0.2) is 10.9 Å². The Kier molecular flexibility index (Phi) is 5.10. The average molecular weight is 250 g/mol. The Balaban J connectivity index is 2.88. The van der Waals surface area contributed by atoms with Gasteiger partial charge in [-0.2, -0.15) is 0 Å². The zero-order valence-corrected chi connectivity index (χ0v) is 11.0. The van der Waals surface area contributed by atoms with Gasteiger partial charge in [-0.25, -0.2) is 0 Å². The quantitative estimate of drug-likeness (QED) is 0.790.